The number of hydrogen-bond donors (Lipinski definition) is 2. The third kappa shape index (κ3) is 6.63. The van der Waals surface area contributed by atoms with Gasteiger partial charge in [-0.05, 0) is 52.7 Å². The maximum Gasteiger partial charge on any atom is 0.408 e. The molecule has 1 fully saturated rings. The number of amides is 2. The lowest BCUT2D eigenvalue weighted by Gasteiger charge is -2.41. The summed E-state index contributed by atoms with van der Waals surface area (Å²) in [5, 5.41) is 5.84. The molecule has 2 amide bonds. The van der Waals surface area contributed by atoms with Gasteiger partial charge in [0.1, 0.15) is 5.60 Å². The molecule has 27 heavy (non-hydrogen) atoms. The van der Waals surface area contributed by atoms with Gasteiger partial charge in [0.15, 0.2) is 0 Å². The minimum Gasteiger partial charge on any atom is -0.444 e. The molecule has 0 bridgehead atoms. The Balaban J connectivity index is 1.95. The second-order valence-electron chi connectivity index (χ2n) is 8.23. The van der Waals surface area contributed by atoms with Crippen molar-refractivity contribution in [3.05, 3.63) is 35.9 Å². The van der Waals surface area contributed by atoms with Crippen LogP contribution >= 0.6 is 0 Å². The summed E-state index contributed by atoms with van der Waals surface area (Å²) in [4.78, 5) is 25.0. The lowest BCUT2D eigenvalue weighted by molar-refractivity contribution is -0.128. The van der Waals surface area contributed by atoms with Crippen LogP contribution in [0.2, 0.25) is 0 Å². The van der Waals surface area contributed by atoms with Gasteiger partial charge >= 0.3 is 6.09 Å². The molecule has 0 aromatic heterocycles. The van der Waals surface area contributed by atoms with Gasteiger partial charge in [0.2, 0.25) is 5.91 Å². The van der Waals surface area contributed by atoms with Gasteiger partial charge < -0.3 is 15.4 Å². The highest BCUT2D eigenvalue weighted by molar-refractivity contribution is 5.81. The van der Waals surface area contributed by atoms with Crippen LogP contribution in [0.3, 0.4) is 0 Å². The number of carbonyl (C=O) groups excluding carboxylic acids is 2. The first kappa shape index (κ1) is 20.8. The molecule has 5 heteroatoms. The van der Waals surface area contributed by atoms with Crippen LogP contribution in [0.1, 0.15) is 58.9 Å². The third-order valence-electron chi connectivity index (χ3n) is 4.67. The van der Waals surface area contributed by atoms with E-state index in [-0.39, 0.29) is 18.4 Å². The summed E-state index contributed by atoms with van der Waals surface area (Å²) in [7, 11) is 0. The number of nitrogens with one attached hydrogen (secondary N) is 2. The average molecular weight is 370 g/mol. The highest BCUT2D eigenvalue weighted by atomic mass is 16.6. The molecule has 2 N–H and O–H groups in total. The SMILES string of the molecule is CC(C)(C)OC(=O)N[C@]1(C)CCCC[C@@H]1C(=O)NCC#Cc1ccccc1. The smallest absolute Gasteiger partial charge is 0.408 e. The minimum absolute atomic E-state index is 0.0735. The molecule has 0 saturated heterocycles. The van der Waals surface area contributed by atoms with Crippen LogP contribution in [0.4, 0.5) is 4.79 Å². The zero-order valence-corrected chi connectivity index (χ0v) is 16.7. The molecule has 0 heterocycles. The van der Waals surface area contributed by atoms with E-state index in [0.29, 0.717) is 0 Å². The number of carbonyl (C=O) groups is 2. The minimum atomic E-state index is -0.614. The summed E-state index contributed by atoms with van der Waals surface area (Å²) in [6.07, 6.45) is 2.96. The van der Waals surface area contributed by atoms with Crippen molar-refractivity contribution in [2.75, 3.05) is 6.54 Å². The molecule has 0 radical (unpaired) electrons. The van der Waals surface area contributed by atoms with E-state index in [1.807, 2.05) is 58.0 Å². The van der Waals surface area contributed by atoms with E-state index < -0.39 is 17.2 Å². The molecule has 0 aliphatic heterocycles. The van der Waals surface area contributed by atoms with Gasteiger partial charge in [-0.15, -0.1) is 0 Å². The first-order valence-corrected chi connectivity index (χ1v) is 9.52. The second-order valence-corrected chi connectivity index (χ2v) is 8.23. The fourth-order valence-corrected chi connectivity index (χ4v) is 3.36. The van der Waals surface area contributed by atoms with Gasteiger partial charge in [0.25, 0.3) is 0 Å². The topological polar surface area (TPSA) is 67.4 Å². The number of hydrogen-bond acceptors (Lipinski definition) is 3. The van der Waals surface area contributed by atoms with Crippen LogP contribution in [-0.4, -0.2) is 29.7 Å². The molecular weight excluding hydrogens is 340 g/mol. The number of ether oxygens (including phenoxy) is 1. The largest absolute Gasteiger partial charge is 0.444 e. The molecule has 1 aromatic carbocycles. The van der Waals surface area contributed by atoms with Crippen molar-refractivity contribution in [1.29, 1.82) is 0 Å². The van der Waals surface area contributed by atoms with Crippen LogP contribution in [0.5, 0.6) is 0 Å². The predicted octanol–water partition coefficient (Wildman–Crippen LogP) is 3.63. The molecule has 1 aliphatic carbocycles. The number of benzene rings is 1. The molecule has 2 atom stereocenters. The Labute approximate surface area is 162 Å². The van der Waals surface area contributed by atoms with Crippen LogP contribution in [-0.2, 0) is 9.53 Å². The van der Waals surface area contributed by atoms with E-state index >= 15 is 0 Å². The zero-order valence-electron chi connectivity index (χ0n) is 16.7. The first-order valence-electron chi connectivity index (χ1n) is 9.52. The normalized spacial score (nSPS) is 22.1. The number of alkyl carbamates (subject to hydrolysis) is 1. The lowest BCUT2D eigenvalue weighted by Crippen LogP contribution is -2.58. The van der Waals surface area contributed by atoms with Crippen molar-refractivity contribution >= 4 is 12.0 Å². The van der Waals surface area contributed by atoms with E-state index in [2.05, 4.69) is 22.5 Å². The maximum absolute atomic E-state index is 12.7. The first-order chi connectivity index (χ1) is 12.7. The third-order valence-corrected chi connectivity index (χ3v) is 4.67. The van der Waals surface area contributed by atoms with Gasteiger partial charge in [-0.1, -0.05) is 42.9 Å². The average Bonchev–Trinajstić information content (AvgIpc) is 2.57. The molecular formula is C22H30N2O3. The predicted molar refractivity (Wildman–Crippen MR) is 106 cm³/mol. The fraction of sp³-hybridized carbons (Fsp3) is 0.545. The van der Waals surface area contributed by atoms with Crippen molar-refractivity contribution in [2.24, 2.45) is 5.92 Å². The van der Waals surface area contributed by atoms with Crippen LogP contribution in [0.15, 0.2) is 30.3 Å². The van der Waals surface area contributed by atoms with Crippen molar-refractivity contribution in [1.82, 2.24) is 10.6 Å². The summed E-state index contributed by atoms with van der Waals surface area (Å²) < 4.78 is 5.38. The molecule has 1 aliphatic rings. The van der Waals surface area contributed by atoms with Gasteiger partial charge in [0, 0.05) is 5.56 Å². The molecule has 146 valence electrons. The van der Waals surface area contributed by atoms with E-state index in [9.17, 15) is 9.59 Å². The molecule has 0 spiro atoms. The van der Waals surface area contributed by atoms with Crippen molar-refractivity contribution in [2.45, 2.75) is 64.5 Å². The lowest BCUT2D eigenvalue weighted by atomic mass is 9.73. The summed E-state index contributed by atoms with van der Waals surface area (Å²) in [5.74, 6) is 5.64. The summed E-state index contributed by atoms with van der Waals surface area (Å²) in [6, 6.07) is 9.65. The summed E-state index contributed by atoms with van der Waals surface area (Å²) in [5.41, 5.74) is -0.266. The molecule has 0 unspecified atom stereocenters. The molecule has 5 nitrogen and oxygen atoms in total. The number of rotatable bonds is 3. The fourth-order valence-electron chi connectivity index (χ4n) is 3.36. The highest BCUT2D eigenvalue weighted by Crippen LogP contribution is 2.34. The second kappa shape index (κ2) is 8.94. The van der Waals surface area contributed by atoms with Crippen LogP contribution in [0.25, 0.3) is 0 Å². The Morgan fingerprint density at radius 1 is 1.22 bits per heavy atom. The van der Waals surface area contributed by atoms with E-state index in [1.165, 1.54) is 0 Å². The van der Waals surface area contributed by atoms with E-state index in [4.69, 9.17) is 4.74 Å². The van der Waals surface area contributed by atoms with E-state index in [0.717, 1.165) is 31.2 Å². The quantitative estimate of drug-likeness (QED) is 0.799. The van der Waals surface area contributed by atoms with Crippen LogP contribution < -0.4 is 10.6 Å². The Morgan fingerprint density at radius 2 is 1.93 bits per heavy atom. The monoisotopic (exact) mass is 370 g/mol. The zero-order chi connectivity index (χ0) is 19.9. The van der Waals surface area contributed by atoms with Gasteiger partial charge in [-0.25, -0.2) is 4.79 Å². The maximum atomic E-state index is 12.7. The molecule has 2 rings (SSSR count). The Hall–Kier alpha value is -2.48. The van der Waals surface area contributed by atoms with Gasteiger partial charge in [-0.3, -0.25) is 4.79 Å². The Bertz CT molecular complexity index is 713. The summed E-state index contributed by atoms with van der Waals surface area (Å²) >= 11 is 0. The highest BCUT2D eigenvalue weighted by Gasteiger charge is 2.42. The van der Waals surface area contributed by atoms with Gasteiger partial charge in [0.05, 0.1) is 18.0 Å². The van der Waals surface area contributed by atoms with Crippen molar-refractivity contribution in [3.63, 3.8) is 0 Å². The Morgan fingerprint density at radius 3 is 2.59 bits per heavy atom. The van der Waals surface area contributed by atoms with Gasteiger partial charge in [-0.2, -0.15) is 0 Å². The van der Waals surface area contributed by atoms with Crippen LogP contribution in [0, 0.1) is 17.8 Å². The Kier molecular flexibility index (Phi) is 6.90. The molecule has 1 aromatic rings. The summed E-state index contributed by atoms with van der Waals surface area (Å²) in [6.45, 7) is 7.69. The van der Waals surface area contributed by atoms with E-state index in [1.54, 1.807) is 0 Å². The van der Waals surface area contributed by atoms with Crippen molar-refractivity contribution < 1.29 is 14.3 Å². The molecule has 1 saturated carbocycles. The standard InChI is InChI=1S/C22H30N2O3/c1-21(2,3)27-20(26)24-22(4)15-9-8-14-18(22)19(25)23-16-10-13-17-11-6-5-7-12-17/h5-7,11-12,18H,8-9,14-16H2,1-4H3,(H,23,25)(H,24,26)/t18-,22-/m1/s1. The van der Waals surface area contributed by atoms with Crippen molar-refractivity contribution in [3.8, 4) is 11.8 Å².